The molecule has 2 nitrogen and oxygen atoms in total. The molecular formula is C18H24BNO. The van der Waals surface area contributed by atoms with Gasteiger partial charge in [-0.05, 0) is 60.9 Å². The summed E-state index contributed by atoms with van der Waals surface area (Å²) in [6, 6.07) is 4.87. The van der Waals surface area contributed by atoms with E-state index in [2.05, 4.69) is 17.4 Å². The van der Waals surface area contributed by atoms with Crippen LogP contribution < -0.4 is 5.32 Å². The van der Waals surface area contributed by atoms with E-state index in [1.54, 1.807) is 0 Å². The van der Waals surface area contributed by atoms with Crippen LogP contribution in [0.5, 0.6) is 5.75 Å². The SMILES string of the molecule is [B]C(C)c1cc2c(cc1O)[C@]13CCCCC1[C@H](C2)NCC3. The highest BCUT2D eigenvalue weighted by Gasteiger charge is 2.51. The number of hydrogen-bond acceptors (Lipinski definition) is 2. The predicted molar refractivity (Wildman–Crippen MR) is 86.0 cm³/mol. The van der Waals surface area contributed by atoms with Gasteiger partial charge in [0, 0.05) is 11.5 Å². The van der Waals surface area contributed by atoms with Crippen molar-refractivity contribution in [3.8, 4) is 5.75 Å². The second-order valence-electron chi connectivity index (χ2n) is 7.38. The Morgan fingerprint density at radius 1 is 1.33 bits per heavy atom. The van der Waals surface area contributed by atoms with Gasteiger partial charge in [-0.3, -0.25) is 0 Å². The first-order valence-corrected chi connectivity index (χ1v) is 8.47. The van der Waals surface area contributed by atoms with Crippen molar-refractivity contribution in [2.24, 2.45) is 5.92 Å². The number of nitrogens with one attached hydrogen (secondary N) is 1. The van der Waals surface area contributed by atoms with Crippen molar-refractivity contribution in [3.63, 3.8) is 0 Å². The van der Waals surface area contributed by atoms with E-state index in [0.29, 0.717) is 17.2 Å². The fourth-order valence-corrected chi connectivity index (χ4v) is 5.36. The lowest BCUT2D eigenvalue weighted by molar-refractivity contribution is 0.0795. The highest BCUT2D eigenvalue weighted by molar-refractivity contribution is 6.12. The van der Waals surface area contributed by atoms with E-state index in [9.17, 15) is 5.11 Å². The van der Waals surface area contributed by atoms with Crippen molar-refractivity contribution >= 4 is 7.85 Å². The Morgan fingerprint density at radius 3 is 3.00 bits per heavy atom. The van der Waals surface area contributed by atoms with Gasteiger partial charge in [-0.25, -0.2) is 0 Å². The minimum Gasteiger partial charge on any atom is -0.508 e. The summed E-state index contributed by atoms with van der Waals surface area (Å²) in [7, 11) is 6.02. The summed E-state index contributed by atoms with van der Waals surface area (Å²) in [5, 5.41) is 14.2. The van der Waals surface area contributed by atoms with E-state index in [-0.39, 0.29) is 5.82 Å². The topological polar surface area (TPSA) is 32.3 Å². The van der Waals surface area contributed by atoms with Crippen molar-refractivity contribution in [3.05, 3.63) is 28.8 Å². The number of phenols is 1. The van der Waals surface area contributed by atoms with Crippen LogP contribution in [0.3, 0.4) is 0 Å². The lowest BCUT2D eigenvalue weighted by Crippen LogP contribution is -2.59. The minimum absolute atomic E-state index is 0.107. The molecule has 2 unspecified atom stereocenters. The third-order valence-electron chi connectivity index (χ3n) is 6.28. The van der Waals surface area contributed by atoms with E-state index in [1.165, 1.54) is 43.2 Å². The monoisotopic (exact) mass is 281 g/mol. The summed E-state index contributed by atoms with van der Waals surface area (Å²) in [5.74, 6) is 1.05. The Labute approximate surface area is 128 Å². The van der Waals surface area contributed by atoms with Gasteiger partial charge in [0.05, 0.1) is 7.85 Å². The van der Waals surface area contributed by atoms with Crippen molar-refractivity contribution in [1.82, 2.24) is 5.32 Å². The molecule has 1 heterocycles. The second kappa shape index (κ2) is 4.77. The van der Waals surface area contributed by atoms with Gasteiger partial charge in [0.2, 0.25) is 0 Å². The number of benzene rings is 1. The first-order chi connectivity index (χ1) is 10.1. The molecule has 110 valence electrons. The molecule has 4 rings (SSSR count). The number of phenolic OH excluding ortho intramolecular Hbond substituents is 1. The van der Waals surface area contributed by atoms with Gasteiger partial charge in [0.15, 0.2) is 0 Å². The third kappa shape index (κ3) is 1.89. The summed E-state index contributed by atoms with van der Waals surface area (Å²) in [6.07, 6.45) is 7.65. The van der Waals surface area contributed by atoms with Crippen LogP contribution in [-0.2, 0) is 11.8 Å². The number of piperidine rings is 1. The summed E-state index contributed by atoms with van der Waals surface area (Å²) in [6.45, 7) is 3.07. The Balaban J connectivity index is 1.88. The van der Waals surface area contributed by atoms with Gasteiger partial charge >= 0.3 is 0 Å². The lowest BCUT2D eigenvalue weighted by atomic mass is 9.52. The molecule has 0 aromatic heterocycles. The van der Waals surface area contributed by atoms with Gasteiger partial charge in [0.25, 0.3) is 0 Å². The number of hydrogen-bond donors (Lipinski definition) is 2. The Bertz CT molecular complexity index is 567. The molecule has 2 bridgehead atoms. The number of aromatic hydroxyl groups is 1. The maximum Gasteiger partial charge on any atom is 0.118 e. The molecule has 0 spiro atoms. The standard InChI is InChI=1S/C18H24BNO/c1-11(19)13-8-12-9-16-14-4-2-3-5-18(14,6-7-20-16)15(12)10-17(13)21/h8,10-11,14,16,20-21H,2-7,9H2,1H3/t11?,14?,16-,18-/m0/s1. The summed E-state index contributed by atoms with van der Waals surface area (Å²) >= 11 is 0. The fraction of sp³-hybridized carbons (Fsp3) is 0.667. The van der Waals surface area contributed by atoms with Crippen molar-refractivity contribution in [2.75, 3.05) is 6.54 Å². The Kier molecular flexibility index (Phi) is 3.11. The molecule has 2 radical (unpaired) electrons. The van der Waals surface area contributed by atoms with Gasteiger partial charge in [0.1, 0.15) is 5.75 Å². The molecule has 1 aliphatic heterocycles. The zero-order chi connectivity index (χ0) is 14.6. The predicted octanol–water partition coefficient (Wildman–Crippen LogP) is 2.97. The van der Waals surface area contributed by atoms with Crippen LogP contribution in [0.2, 0.25) is 0 Å². The van der Waals surface area contributed by atoms with Gasteiger partial charge < -0.3 is 10.4 Å². The normalized spacial score (nSPS) is 35.7. The minimum atomic E-state index is -0.107. The average molecular weight is 281 g/mol. The molecule has 2 fully saturated rings. The number of rotatable bonds is 1. The maximum absolute atomic E-state index is 10.4. The van der Waals surface area contributed by atoms with E-state index >= 15 is 0 Å². The van der Waals surface area contributed by atoms with Gasteiger partial charge in [-0.15, -0.1) is 0 Å². The van der Waals surface area contributed by atoms with E-state index in [4.69, 9.17) is 7.85 Å². The zero-order valence-electron chi connectivity index (χ0n) is 12.9. The molecule has 3 heteroatoms. The molecule has 21 heavy (non-hydrogen) atoms. The van der Waals surface area contributed by atoms with Crippen LogP contribution in [0.1, 0.15) is 61.5 Å². The van der Waals surface area contributed by atoms with Gasteiger partial charge in [-0.2, -0.15) is 0 Å². The second-order valence-corrected chi connectivity index (χ2v) is 7.38. The zero-order valence-corrected chi connectivity index (χ0v) is 12.9. The summed E-state index contributed by atoms with van der Waals surface area (Å²) in [4.78, 5) is 0. The van der Waals surface area contributed by atoms with Crippen LogP contribution in [0.4, 0.5) is 0 Å². The molecule has 2 N–H and O–H groups in total. The van der Waals surface area contributed by atoms with Crippen LogP contribution in [-0.4, -0.2) is 25.5 Å². The highest BCUT2D eigenvalue weighted by Crippen LogP contribution is 2.54. The third-order valence-corrected chi connectivity index (χ3v) is 6.28. The lowest BCUT2D eigenvalue weighted by Gasteiger charge is -2.56. The van der Waals surface area contributed by atoms with Gasteiger partial charge in [-0.1, -0.05) is 31.6 Å². The average Bonchev–Trinajstić information content (AvgIpc) is 2.47. The molecule has 2 aliphatic carbocycles. The Morgan fingerprint density at radius 2 is 2.19 bits per heavy atom. The molecule has 1 aromatic carbocycles. The van der Waals surface area contributed by atoms with Crippen molar-refractivity contribution < 1.29 is 5.11 Å². The smallest absolute Gasteiger partial charge is 0.118 e. The fourth-order valence-electron chi connectivity index (χ4n) is 5.36. The molecule has 1 aromatic rings. The highest BCUT2D eigenvalue weighted by atomic mass is 16.3. The molecule has 3 aliphatic rings. The molecule has 4 atom stereocenters. The van der Waals surface area contributed by atoms with E-state index in [1.807, 2.05) is 6.92 Å². The van der Waals surface area contributed by atoms with E-state index < -0.39 is 0 Å². The maximum atomic E-state index is 10.4. The molecular weight excluding hydrogens is 257 g/mol. The Hall–Kier alpha value is -0.955. The first kappa shape index (κ1) is 13.7. The van der Waals surface area contributed by atoms with Crippen LogP contribution in [0.25, 0.3) is 0 Å². The van der Waals surface area contributed by atoms with Crippen molar-refractivity contribution in [2.45, 2.75) is 62.7 Å². The van der Waals surface area contributed by atoms with Crippen molar-refractivity contribution in [1.29, 1.82) is 0 Å². The number of fused-ring (bicyclic) bond motifs is 1. The van der Waals surface area contributed by atoms with Crippen LogP contribution in [0.15, 0.2) is 12.1 Å². The van der Waals surface area contributed by atoms with Crippen LogP contribution >= 0.6 is 0 Å². The molecule has 1 saturated carbocycles. The van der Waals surface area contributed by atoms with E-state index in [0.717, 1.165) is 24.4 Å². The summed E-state index contributed by atoms with van der Waals surface area (Å²) < 4.78 is 0. The molecule has 0 amide bonds. The first-order valence-electron chi connectivity index (χ1n) is 8.47. The van der Waals surface area contributed by atoms with Crippen LogP contribution in [0, 0.1) is 5.92 Å². The quantitative estimate of drug-likeness (QED) is 0.776. The largest absolute Gasteiger partial charge is 0.508 e. The molecule has 1 saturated heterocycles. The summed E-state index contributed by atoms with van der Waals surface area (Å²) in [5.41, 5.74) is 4.08.